The van der Waals surface area contributed by atoms with Crippen LogP contribution in [0.5, 0.6) is 0 Å². The molecule has 1 aliphatic rings. The van der Waals surface area contributed by atoms with E-state index in [1.54, 1.807) is 17.2 Å². The first-order valence-electron chi connectivity index (χ1n) is 6.54. The molecule has 2 heterocycles. The third-order valence-corrected chi connectivity index (χ3v) is 3.58. The van der Waals surface area contributed by atoms with E-state index >= 15 is 0 Å². The third kappa shape index (κ3) is 3.23. The van der Waals surface area contributed by atoms with Crippen LogP contribution in [0.2, 0.25) is 0 Å². The van der Waals surface area contributed by atoms with E-state index in [-0.39, 0.29) is 5.91 Å². The topological polar surface area (TPSA) is 56.7 Å². The molecule has 0 bridgehead atoms. The summed E-state index contributed by atoms with van der Waals surface area (Å²) in [6, 6.07) is 3.64. The van der Waals surface area contributed by atoms with Crippen LogP contribution in [0.1, 0.15) is 30.1 Å². The van der Waals surface area contributed by atoms with Gasteiger partial charge in [-0.15, -0.1) is 0 Å². The van der Waals surface area contributed by atoms with Crippen molar-refractivity contribution >= 4 is 11.7 Å². The summed E-state index contributed by atoms with van der Waals surface area (Å²) in [4.78, 5) is 20.2. The average Bonchev–Trinajstić information content (AvgIpc) is 2.38. The van der Waals surface area contributed by atoms with E-state index in [0.29, 0.717) is 31.5 Å². The standard InChI is InChI=1S/C14H21N3O2/c1-14(19)6-8-17(9-7-14)13(18)11-4-5-12(15-10-11)16(2)3/h4-5,10,19H,6-9H2,1-3H3. The molecule has 0 radical (unpaired) electrons. The number of pyridine rings is 1. The lowest BCUT2D eigenvalue weighted by Crippen LogP contribution is -2.45. The van der Waals surface area contributed by atoms with Gasteiger partial charge in [-0.2, -0.15) is 0 Å². The van der Waals surface area contributed by atoms with Crippen molar-refractivity contribution < 1.29 is 9.90 Å². The second-order valence-corrected chi connectivity index (χ2v) is 5.59. The Balaban J connectivity index is 2.04. The number of nitrogens with zero attached hydrogens (tertiary/aromatic N) is 3. The molecule has 1 N–H and O–H groups in total. The van der Waals surface area contributed by atoms with Gasteiger partial charge in [0.15, 0.2) is 0 Å². The quantitative estimate of drug-likeness (QED) is 0.869. The van der Waals surface area contributed by atoms with Crippen LogP contribution in [-0.2, 0) is 0 Å². The summed E-state index contributed by atoms with van der Waals surface area (Å²) >= 11 is 0. The molecule has 1 aromatic heterocycles. The number of aliphatic hydroxyl groups is 1. The maximum atomic E-state index is 12.3. The van der Waals surface area contributed by atoms with E-state index in [4.69, 9.17) is 0 Å². The van der Waals surface area contributed by atoms with Crippen LogP contribution in [0.25, 0.3) is 0 Å². The van der Waals surface area contributed by atoms with E-state index in [1.807, 2.05) is 32.0 Å². The van der Waals surface area contributed by atoms with Gasteiger partial charge in [-0.05, 0) is 31.9 Å². The average molecular weight is 263 g/mol. The van der Waals surface area contributed by atoms with Gasteiger partial charge < -0.3 is 14.9 Å². The minimum Gasteiger partial charge on any atom is -0.390 e. The minimum absolute atomic E-state index is 0.00620. The van der Waals surface area contributed by atoms with Crippen LogP contribution >= 0.6 is 0 Å². The van der Waals surface area contributed by atoms with Crippen molar-refractivity contribution in [2.75, 3.05) is 32.1 Å². The van der Waals surface area contributed by atoms with Crippen molar-refractivity contribution in [1.29, 1.82) is 0 Å². The second kappa shape index (κ2) is 5.17. The monoisotopic (exact) mass is 263 g/mol. The van der Waals surface area contributed by atoms with Crippen molar-refractivity contribution in [3.8, 4) is 0 Å². The van der Waals surface area contributed by atoms with Crippen molar-refractivity contribution in [1.82, 2.24) is 9.88 Å². The smallest absolute Gasteiger partial charge is 0.255 e. The first-order chi connectivity index (χ1) is 8.89. The summed E-state index contributed by atoms with van der Waals surface area (Å²) < 4.78 is 0. The number of hydrogen-bond donors (Lipinski definition) is 1. The molecule has 1 fully saturated rings. The van der Waals surface area contributed by atoms with E-state index in [1.165, 1.54) is 0 Å². The highest BCUT2D eigenvalue weighted by molar-refractivity contribution is 5.94. The summed E-state index contributed by atoms with van der Waals surface area (Å²) in [6.45, 7) is 3.02. The molecule has 5 nitrogen and oxygen atoms in total. The Morgan fingerprint density at radius 2 is 2.00 bits per heavy atom. The number of rotatable bonds is 2. The van der Waals surface area contributed by atoms with Crippen molar-refractivity contribution in [2.24, 2.45) is 0 Å². The summed E-state index contributed by atoms with van der Waals surface area (Å²) in [6.07, 6.45) is 2.87. The molecule has 5 heteroatoms. The molecule has 0 spiro atoms. The lowest BCUT2D eigenvalue weighted by atomic mass is 9.93. The molecule has 0 saturated carbocycles. The van der Waals surface area contributed by atoms with E-state index in [2.05, 4.69) is 4.98 Å². The van der Waals surface area contributed by atoms with Gasteiger partial charge in [-0.1, -0.05) is 0 Å². The van der Waals surface area contributed by atoms with Crippen LogP contribution < -0.4 is 4.90 Å². The normalized spacial score (nSPS) is 18.2. The van der Waals surface area contributed by atoms with Gasteiger partial charge in [0.05, 0.1) is 11.2 Å². The van der Waals surface area contributed by atoms with E-state index in [9.17, 15) is 9.90 Å². The number of carbonyl (C=O) groups excluding carboxylic acids is 1. The summed E-state index contributed by atoms with van der Waals surface area (Å²) in [5.41, 5.74) is -0.0313. The molecule has 1 amide bonds. The Labute approximate surface area is 113 Å². The number of likely N-dealkylation sites (tertiary alicyclic amines) is 1. The first-order valence-corrected chi connectivity index (χ1v) is 6.54. The minimum atomic E-state index is -0.635. The molecule has 1 saturated heterocycles. The molecular formula is C14H21N3O2. The molecule has 19 heavy (non-hydrogen) atoms. The molecule has 0 aromatic carbocycles. The summed E-state index contributed by atoms with van der Waals surface area (Å²) in [5.74, 6) is 0.825. The van der Waals surface area contributed by atoms with Gasteiger partial charge in [0.25, 0.3) is 5.91 Å². The Kier molecular flexibility index (Phi) is 3.75. The Morgan fingerprint density at radius 3 is 2.47 bits per heavy atom. The highest BCUT2D eigenvalue weighted by atomic mass is 16.3. The zero-order valence-corrected chi connectivity index (χ0v) is 11.8. The Hall–Kier alpha value is -1.62. The fourth-order valence-electron chi connectivity index (χ4n) is 2.15. The first kappa shape index (κ1) is 13.8. The number of aromatic nitrogens is 1. The molecular weight excluding hydrogens is 242 g/mol. The maximum Gasteiger partial charge on any atom is 0.255 e. The van der Waals surface area contributed by atoms with Gasteiger partial charge in [-0.25, -0.2) is 4.98 Å². The zero-order valence-electron chi connectivity index (χ0n) is 11.8. The van der Waals surface area contributed by atoms with Gasteiger partial charge in [0.2, 0.25) is 0 Å². The maximum absolute atomic E-state index is 12.3. The number of amides is 1. The second-order valence-electron chi connectivity index (χ2n) is 5.59. The van der Waals surface area contributed by atoms with Crippen LogP contribution in [0.15, 0.2) is 18.3 Å². The predicted molar refractivity (Wildman–Crippen MR) is 74.3 cm³/mol. The molecule has 1 aromatic rings. The Morgan fingerprint density at radius 1 is 1.37 bits per heavy atom. The van der Waals surface area contributed by atoms with Gasteiger partial charge in [0, 0.05) is 33.4 Å². The van der Waals surface area contributed by atoms with Crippen molar-refractivity contribution in [3.05, 3.63) is 23.9 Å². The number of piperidine rings is 1. The summed E-state index contributed by atoms with van der Waals surface area (Å²) in [7, 11) is 3.83. The van der Waals surface area contributed by atoms with Crippen molar-refractivity contribution in [2.45, 2.75) is 25.4 Å². The van der Waals surface area contributed by atoms with Crippen LogP contribution in [-0.4, -0.2) is 53.7 Å². The Bertz CT molecular complexity index is 444. The fraction of sp³-hybridized carbons (Fsp3) is 0.571. The van der Waals surface area contributed by atoms with Crippen LogP contribution in [0, 0.1) is 0 Å². The number of carbonyl (C=O) groups is 1. The van der Waals surface area contributed by atoms with Gasteiger partial charge in [-0.3, -0.25) is 4.79 Å². The molecule has 0 unspecified atom stereocenters. The van der Waals surface area contributed by atoms with Crippen LogP contribution in [0.3, 0.4) is 0 Å². The van der Waals surface area contributed by atoms with Crippen molar-refractivity contribution in [3.63, 3.8) is 0 Å². The lowest BCUT2D eigenvalue weighted by molar-refractivity contribution is -0.00203. The molecule has 2 rings (SSSR count). The third-order valence-electron chi connectivity index (χ3n) is 3.58. The summed E-state index contributed by atoms with van der Waals surface area (Å²) in [5, 5.41) is 9.89. The lowest BCUT2D eigenvalue weighted by Gasteiger charge is -2.35. The predicted octanol–water partition coefficient (Wildman–Crippen LogP) is 1.13. The molecule has 0 aliphatic carbocycles. The fourth-order valence-corrected chi connectivity index (χ4v) is 2.15. The van der Waals surface area contributed by atoms with E-state index < -0.39 is 5.60 Å². The van der Waals surface area contributed by atoms with Gasteiger partial charge in [0.1, 0.15) is 5.82 Å². The van der Waals surface area contributed by atoms with Gasteiger partial charge >= 0.3 is 0 Å². The molecule has 1 aliphatic heterocycles. The number of hydrogen-bond acceptors (Lipinski definition) is 4. The SMILES string of the molecule is CN(C)c1ccc(C(=O)N2CCC(C)(O)CC2)cn1. The zero-order chi connectivity index (χ0) is 14.0. The highest BCUT2D eigenvalue weighted by Gasteiger charge is 2.29. The van der Waals surface area contributed by atoms with Crippen LogP contribution in [0.4, 0.5) is 5.82 Å². The highest BCUT2D eigenvalue weighted by Crippen LogP contribution is 2.22. The number of anilines is 1. The largest absolute Gasteiger partial charge is 0.390 e. The van der Waals surface area contributed by atoms with E-state index in [0.717, 1.165) is 5.82 Å². The molecule has 0 atom stereocenters. The molecule has 104 valence electrons.